The summed E-state index contributed by atoms with van der Waals surface area (Å²) < 4.78 is 39.5. The molecule has 0 aromatic rings. The molecule has 11 nitrogen and oxygen atoms in total. The average Bonchev–Trinajstić information content (AvgIpc) is 3.37. The highest BCUT2D eigenvalue weighted by molar-refractivity contribution is 7.47. The predicted molar refractivity (Wildman–Crippen MR) is 298 cm³/mol. The number of rotatable bonds is 57. The lowest BCUT2D eigenvalue weighted by molar-refractivity contribution is -0.161. The Morgan fingerprint density at radius 3 is 1.00 bits per heavy atom. The number of aliphatic hydroxyl groups excluding tert-OH is 1. The molecule has 424 valence electrons. The molecular weight excluding hydrogens is 928 g/mol. The van der Waals surface area contributed by atoms with Crippen molar-refractivity contribution in [1.29, 1.82) is 0 Å². The minimum absolute atomic E-state index is 0.170. The normalized spacial score (nSPS) is 13.5. The molecule has 3 unspecified atom stereocenters. The number of ether oxygens (including phenoxy) is 3. The van der Waals surface area contributed by atoms with Crippen LogP contribution in [-0.4, -0.2) is 66.5 Å². The summed E-state index contributed by atoms with van der Waals surface area (Å²) in [4.78, 5) is 48.5. The molecule has 0 saturated carbocycles. The number of carbonyl (C=O) groups is 3. The van der Waals surface area contributed by atoms with Crippen LogP contribution in [0.1, 0.15) is 303 Å². The van der Waals surface area contributed by atoms with E-state index in [2.05, 4.69) is 45.1 Å². The van der Waals surface area contributed by atoms with E-state index < -0.39 is 57.8 Å². The summed E-state index contributed by atoms with van der Waals surface area (Å²) in [6.07, 6.45) is 55.6. The molecule has 0 aliphatic carbocycles. The first-order valence-corrected chi connectivity index (χ1v) is 31.7. The number of unbranched alkanes of at least 4 members (excludes halogenated alkanes) is 36. The number of allylic oxidation sites excluding steroid dienone is 4. The highest BCUT2D eigenvalue weighted by Gasteiger charge is 2.28. The fraction of sp³-hybridized carbons (Fsp3) is 0.883. The summed E-state index contributed by atoms with van der Waals surface area (Å²) in [6.45, 7) is 4.64. The number of phosphoric acid groups is 1. The molecule has 0 aromatic carbocycles. The number of aliphatic hydroxyl groups is 1. The molecule has 0 aliphatic heterocycles. The van der Waals surface area contributed by atoms with Gasteiger partial charge in [-0.05, 0) is 64.2 Å². The van der Waals surface area contributed by atoms with E-state index in [4.69, 9.17) is 23.3 Å². The summed E-state index contributed by atoms with van der Waals surface area (Å²) in [6, 6.07) is 0. The molecule has 0 amide bonds. The standard InChI is InChI=1S/C60H113O11P/c1-4-7-10-13-16-19-22-24-26-28-30-32-35-37-40-43-46-49-58(62)67-53-57(71-60(64)51-48-45-42-39-36-33-31-29-27-25-23-20-17-14-11-8-5-2)55-69-72(65,66)68-54-56(52-61)70-59(63)50-47-44-41-38-34-21-18-15-12-9-6-3/h15,18,24,26,56-57,61H,4-14,16-17,19-23,25,27-55H2,1-3H3,(H,65,66)/b18-15-,26-24-. The van der Waals surface area contributed by atoms with E-state index in [-0.39, 0.29) is 25.9 Å². The largest absolute Gasteiger partial charge is 0.472 e. The quantitative estimate of drug-likeness (QED) is 0.0197. The topological polar surface area (TPSA) is 155 Å². The van der Waals surface area contributed by atoms with Gasteiger partial charge in [0.2, 0.25) is 0 Å². The van der Waals surface area contributed by atoms with E-state index in [0.29, 0.717) is 19.3 Å². The Bertz CT molecular complexity index is 1310. The van der Waals surface area contributed by atoms with Crippen LogP contribution in [-0.2, 0) is 42.2 Å². The molecule has 2 N–H and O–H groups in total. The molecule has 0 saturated heterocycles. The van der Waals surface area contributed by atoms with Crippen molar-refractivity contribution >= 4 is 25.7 Å². The van der Waals surface area contributed by atoms with E-state index in [1.54, 1.807) is 0 Å². The van der Waals surface area contributed by atoms with Crippen LogP contribution in [0.5, 0.6) is 0 Å². The molecule has 3 atom stereocenters. The molecule has 0 bridgehead atoms. The second-order valence-corrected chi connectivity index (χ2v) is 22.0. The maximum absolute atomic E-state index is 12.9. The summed E-state index contributed by atoms with van der Waals surface area (Å²) in [5.41, 5.74) is 0. The minimum Gasteiger partial charge on any atom is -0.462 e. The maximum Gasteiger partial charge on any atom is 0.472 e. The van der Waals surface area contributed by atoms with Gasteiger partial charge >= 0.3 is 25.7 Å². The third kappa shape index (κ3) is 52.8. The van der Waals surface area contributed by atoms with Gasteiger partial charge in [0.25, 0.3) is 0 Å². The molecule has 72 heavy (non-hydrogen) atoms. The predicted octanol–water partition coefficient (Wildman–Crippen LogP) is 17.8. The van der Waals surface area contributed by atoms with Crippen molar-refractivity contribution in [3.8, 4) is 0 Å². The van der Waals surface area contributed by atoms with Crippen molar-refractivity contribution < 1.29 is 52.2 Å². The van der Waals surface area contributed by atoms with E-state index in [0.717, 1.165) is 83.5 Å². The molecule has 0 rings (SSSR count). The number of hydrogen-bond acceptors (Lipinski definition) is 10. The lowest BCUT2D eigenvalue weighted by Crippen LogP contribution is -2.30. The van der Waals surface area contributed by atoms with Crippen LogP contribution in [0.3, 0.4) is 0 Å². The molecule has 0 aromatic heterocycles. The van der Waals surface area contributed by atoms with Crippen LogP contribution in [0.2, 0.25) is 0 Å². The monoisotopic (exact) mass is 1040 g/mol. The third-order valence-corrected chi connectivity index (χ3v) is 14.3. The van der Waals surface area contributed by atoms with E-state index >= 15 is 0 Å². The summed E-state index contributed by atoms with van der Waals surface area (Å²) in [7, 11) is -4.74. The van der Waals surface area contributed by atoms with Crippen LogP contribution >= 0.6 is 7.82 Å². The van der Waals surface area contributed by atoms with Crippen LogP contribution in [0.4, 0.5) is 0 Å². The molecule has 0 aliphatic rings. The van der Waals surface area contributed by atoms with Crippen LogP contribution < -0.4 is 0 Å². The van der Waals surface area contributed by atoms with E-state index in [1.807, 2.05) is 0 Å². The van der Waals surface area contributed by atoms with Gasteiger partial charge < -0.3 is 24.2 Å². The maximum atomic E-state index is 12.9. The Hall–Kier alpha value is -2.04. The zero-order valence-electron chi connectivity index (χ0n) is 46.9. The van der Waals surface area contributed by atoms with Gasteiger partial charge in [-0.25, -0.2) is 4.57 Å². The highest BCUT2D eigenvalue weighted by Crippen LogP contribution is 2.43. The number of hydrogen-bond donors (Lipinski definition) is 2. The van der Waals surface area contributed by atoms with Gasteiger partial charge in [-0.15, -0.1) is 0 Å². The fourth-order valence-electron chi connectivity index (χ4n) is 8.69. The molecule has 0 spiro atoms. The first-order chi connectivity index (χ1) is 35.2. The van der Waals surface area contributed by atoms with Gasteiger partial charge in [0, 0.05) is 19.3 Å². The minimum atomic E-state index is -4.74. The van der Waals surface area contributed by atoms with Gasteiger partial charge in [0.1, 0.15) is 12.7 Å². The molecular formula is C60H113O11P. The van der Waals surface area contributed by atoms with Crippen molar-refractivity contribution in [2.24, 2.45) is 0 Å². The van der Waals surface area contributed by atoms with E-state index in [1.165, 1.54) is 161 Å². The second kappa shape index (κ2) is 55.2. The van der Waals surface area contributed by atoms with Crippen molar-refractivity contribution in [1.82, 2.24) is 0 Å². The van der Waals surface area contributed by atoms with Gasteiger partial charge in [-0.3, -0.25) is 23.4 Å². The fourth-order valence-corrected chi connectivity index (χ4v) is 9.47. The third-order valence-electron chi connectivity index (χ3n) is 13.3. The zero-order valence-corrected chi connectivity index (χ0v) is 47.8. The Morgan fingerprint density at radius 2 is 0.653 bits per heavy atom. The Kier molecular flexibility index (Phi) is 53.6. The Balaban J connectivity index is 4.68. The molecule has 0 radical (unpaired) electrons. The first-order valence-electron chi connectivity index (χ1n) is 30.2. The van der Waals surface area contributed by atoms with Crippen LogP contribution in [0.25, 0.3) is 0 Å². The lowest BCUT2D eigenvalue weighted by Gasteiger charge is -2.21. The summed E-state index contributed by atoms with van der Waals surface area (Å²) in [5.74, 6) is -1.45. The van der Waals surface area contributed by atoms with Crippen molar-refractivity contribution in [2.45, 2.75) is 315 Å². The number of phosphoric ester groups is 1. The first kappa shape index (κ1) is 70.0. The van der Waals surface area contributed by atoms with Crippen molar-refractivity contribution in [2.75, 3.05) is 26.4 Å². The van der Waals surface area contributed by atoms with Gasteiger partial charge in [0.05, 0.1) is 19.8 Å². The van der Waals surface area contributed by atoms with Crippen molar-refractivity contribution in [3.05, 3.63) is 24.3 Å². The number of esters is 3. The van der Waals surface area contributed by atoms with Crippen LogP contribution in [0.15, 0.2) is 24.3 Å². The zero-order chi connectivity index (χ0) is 52.7. The lowest BCUT2D eigenvalue weighted by atomic mass is 10.0. The molecule has 0 fully saturated rings. The Labute approximate surface area is 442 Å². The average molecular weight is 1040 g/mol. The second-order valence-electron chi connectivity index (χ2n) is 20.5. The summed E-state index contributed by atoms with van der Waals surface area (Å²) >= 11 is 0. The molecule has 12 heteroatoms. The number of carbonyl (C=O) groups excluding carboxylic acids is 3. The smallest absolute Gasteiger partial charge is 0.462 e. The van der Waals surface area contributed by atoms with Crippen molar-refractivity contribution in [3.63, 3.8) is 0 Å². The van der Waals surface area contributed by atoms with Crippen LogP contribution in [0, 0.1) is 0 Å². The SMILES string of the molecule is CCCC/C=C\CCCCCCCC(=O)OC(CO)COP(=O)(O)OCC(COC(=O)CCCCCCCCC/C=C\CCCCCCCC)OC(=O)CCCCCCCCCCCCCCCCCCC. The van der Waals surface area contributed by atoms with E-state index in [9.17, 15) is 28.9 Å². The van der Waals surface area contributed by atoms with Gasteiger partial charge in [0.15, 0.2) is 6.10 Å². The molecule has 0 heterocycles. The van der Waals surface area contributed by atoms with Gasteiger partial charge in [-0.2, -0.15) is 0 Å². The van der Waals surface area contributed by atoms with Gasteiger partial charge in [-0.1, -0.05) is 244 Å². The highest BCUT2D eigenvalue weighted by atomic mass is 31.2. The summed E-state index contributed by atoms with van der Waals surface area (Å²) in [5, 5.41) is 9.80. The Morgan fingerprint density at radius 1 is 0.375 bits per heavy atom.